The zero-order valence-corrected chi connectivity index (χ0v) is 20.1. The van der Waals surface area contributed by atoms with Crippen molar-refractivity contribution in [3.05, 3.63) is 46.6 Å². The Morgan fingerprint density at radius 2 is 1.68 bits per heavy atom. The molecule has 4 rings (SSSR count). The van der Waals surface area contributed by atoms with E-state index in [-0.39, 0.29) is 19.2 Å². The quantitative estimate of drug-likeness (QED) is 0.419. The molecule has 3 aromatic rings. The third-order valence-corrected chi connectivity index (χ3v) is 5.79. The second-order valence-electron chi connectivity index (χ2n) is 7.47. The number of carbonyl (C=O) groups excluding carboxylic acids is 1. The van der Waals surface area contributed by atoms with Crippen molar-refractivity contribution in [3.8, 4) is 28.7 Å². The van der Waals surface area contributed by atoms with Crippen molar-refractivity contribution in [1.82, 2.24) is 9.88 Å². The summed E-state index contributed by atoms with van der Waals surface area (Å²) in [5.41, 5.74) is 1.74. The summed E-state index contributed by atoms with van der Waals surface area (Å²) in [5, 5.41) is 1.13. The Labute approximate surface area is 202 Å². The van der Waals surface area contributed by atoms with Crippen LogP contribution in [0.25, 0.3) is 10.9 Å². The molecule has 180 valence electrons. The summed E-state index contributed by atoms with van der Waals surface area (Å²) in [5.74, 6) is 2.20. The Balaban J connectivity index is 1.69. The fraction of sp³-hybridized carbons (Fsp3) is 0.333. The predicted octanol–water partition coefficient (Wildman–Crippen LogP) is 3.93. The van der Waals surface area contributed by atoms with Gasteiger partial charge in [-0.3, -0.25) is 4.79 Å². The number of ether oxygens (including phenoxy) is 6. The van der Waals surface area contributed by atoms with E-state index < -0.39 is 0 Å². The van der Waals surface area contributed by atoms with Crippen LogP contribution in [-0.2, 0) is 11.3 Å². The maximum absolute atomic E-state index is 13.5. The Morgan fingerprint density at radius 3 is 2.29 bits per heavy atom. The van der Waals surface area contributed by atoms with Crippen molar-refractivity contribution in [2.24, 2.45) is 0 Å². The number of methoxy groups -OCH3 is 4. The number of carbonyl (C=O) groups is 1. The molecule has 2 aromatic carbocycles. The van der Waals surface area contributed by atoms with Gasteiger partial charge in [0.05, 0.1) is 33.5 Å². The molecule has 34 heavy (non-hydrogen) atoms. The first-order valence-corrected chi connectivity index (χ1v) is 10.8. The topological polar surface area (TPSA) is 88.6 Å². The molecule has 1 aromatic heterocycles. The average molecular weight is 489 g/mol. The van der Waals surface area contributed by atoms with Crippen molar-refractivity contribution in [2.45, 2.75) is 6.54 Å². The van der Waals surface area contributed by atoms with E-state index in [1.165, 1.54) is 21.3 Å². The Morgan fingerprint density at radius 1 is 1.00 bits per heavy atom. The van der Waals surface area contributed by atoms with Crippen LogP contribution in [0.4, 0.5) is 0 Å². The van der Waals surface area contributed by atoms with Gasteiger partial charge in [-0.1, -0.05) is 11.6 Å². The lowest BCUT2D eigenvalue weighted by Crippen LogP contribution is -2.33. The molecule has 1 aliphatic rings. The summed E-state index contributed by atoms with van der Waals surface area (Å²) in [6.07, 6.45) is 0. The summed E-state index contributed by atoms with van der Waals surface area (Å²) in [6.45, 7) is 1.06. The van der Waals surface area contributed by atoms with Gasteiger partial charge in [0.15, 0.2) is 23.0 Å². The number of aromatic nitrogens is 1. The van der Waals surface area contributed by atoms with Crippen LogP contribution in [0.2, 0.25) is 5.15 Å². The number of hydrogen-bond donors (Lipinski definition) is 0. The minimum atomic E-state index is -0.252. The molecule has 0 saturated heterocycles. The van der Waals surface area contributed by atoms with Crippen LogP contribution >= 0.6 is 11.6 Å². The fourth-order valence-electron chi connectivity index (χ4n) is 3.74. The SMILES string of the molecule is COCCN(Cc1cc2cc3c(cc2nc1Cl)OCO3)C(=O)c1cc(OC)c(OC)c(OC)c1. The maximum Gasteiger partial charge on any atom is 0.254 e. The first kappa shape index (κ1) is 23.7. The highest BCUT2D eigenvalue weighted by molar-refractivity contribution is 6.30. The molecule has 10 heteroatoms. The first-order chi connectivity index (χ1) is 16.5. The molecule has 0 radical (unpaired) electrons. The number of pyridine rings is 1. The number of nitrogens with zero attached hydrogens (tertiary/aromatic N) is 2. The molecule has 0 fully saturated rings. The lowest BCUT2D eigenvalue weighted by Gasteiger charge is -2.24. The minimum absolute atomic E-state index is 0.167. The molecule has 0 atom stereocenters. The number of fused-ring (bicyclic) bond motifs is 2. The van der Waals surface area contributed by atoms with E-state index in [4.69, 9.17) is 40.0 Å². The number of benzene rings is 2. The van der Waals surface area contributed by atoms with Crippen molar-refractivity contribution in [2.75, 3.05) is 48.4 Å². The van der Waals surface area contributed by atoms with Crippen molar-refractivity contribution in [3.63, 3.8) is 0 Å². The molecule has 2 heterocycles. The summed E-state index contributed by atoms with van der Waals surface area (Å²) in [6, 6.07) is 8.77. The van der Waals surface area contributed by atoms with Gasteiger partial charge in [-0.05, 0) is 24.3 Å². The van der Waals surface area contributed by atoms with Gasteiger partial charge in [0.25, 0.3) is 5.91 Å². The van der Waals surface area contributed by atoms with Gasteiger partial charge >= 0.3 is 0 Å². The Bertz CT molecular complexity index is 1190. The van der Waals surface area contributed by atoms with Crippen LogP contribution < -0.4 is 23.7 Å². The number of halogens is 1. The second kappa shape index (κ2) is 10.2. The molecule has 0 spiro atoms. The summed E-state index contributed by atoms with van der Waals surface area (Å²) < 4.78 is 32.3. The normalized spacial score (nSPS) is 12.0. The van der Waals surface area contributed by atoms with Crippen LogP contribution in [0.15, 0.2) is 30.3 Å². The molecule has 1 amide bonds. The minimum Gasteiger partial charge on any atom is -0.493 e. The number of hydrogen-bond acceptors (Lipinski definition) is 8. The smallest absolute Gasteiger partial charge is 0.254 e. The number of rotatable bonds is 9. The summed E-state index contributed by atoms with van der Waals surface area (Å²) in [7, 11) is 6.09. The van der Waals surface area contributed by atoms with Crippen molar-refractivity contribution in [1.29, 1.82) is 0 Å². The van der Waals surface area contributed by atoms with E-state index in [0.29, 0.717) is 63.7 Å². The van der Waals surface area contributed by atoms with Gasteiger partial charge < -0.3 is 33.3 Å². The lowest BCUT2D eigenvalue weighted by atomic mass is 10.1. The van der Waals surface area contributed by atoms with Gasteiger partial charge in [0.1, 0.15) is 5.15 Å². The predicted molar refractivity (Wildman–Crippen MR) is 126 cm³/mol. The molecule has 0 unspecified atom stereocenters. The van der Waals surface area contributed by atoms with E-state index in [1.54, 1.807) is 30.2 Å². The summed E-state index contributed by atoms with van der Waals surface area (Å²) >= 11 is 6.51. The van der Waals surface area contributed by atoms with Gasteiger partial charge in [0.2, 0.25) is 12.5 Å². The Hall–Kier alpha value is -3.43. The van der Waals surface area contributed by atoms with Crippen LogP contribution in [-0.4, -0.2) is 64.2 Å². The van der Waals surface area contributed by atoms with E-state index in [1.807, 2.05) is 12.1 Å². The third kappa shape index (κ3) is 4.62. The van der Waals surface area contributed by atoms with Gasteiger partial charge in [0, 0.05) is 42.8 Å². The third-order valence-electron chi connectivity index (χ3n) is 5.46. The highest BCUT2D eigenvalue weighted by Crippen LogP contribution is 2.39. The van der Waals surface area contributed by atoms with Gasteiger partial charge in [-0.25, -0.2) is 4.98 Å². The molecular weight excluding hydrogens is 464 g/mol. The molecular formula is C24H25ClN2O7. The van der Waals surface area contributed by atoms with Gasteiger partial charge in [-0.15, -0.1) is 0 Å². The van der Waals surface area contributed by atoms with E-state index in [0.717, 1.165) is 5.39 Å². The monoisotopic (exact) mass is 488 g/mol. The molecule has 0 N–H and O–H groups in total. The van der Waals surface area contributed by atoms with Crippen LogP contribution in [0, 0.1) is 0 Å². The highest BCUT2D eigenvalue weighted by atomic mass is 35.5. The zero-order chi connectivity index (χ0) is 24.2. The molecule has 0 saturated carbocycles. The van der Waals surface area contributed by atoms with Crippen LogP contribution in [0.3, 0.4) is 0 Å². The molecule has 9 nitrogen and oxygen atoms in total. The van der Waals surface area contributed by atoms with E-state index in [9.17, 15) is 4.79 Å². The zero-order valence-electron chi connectivity index (χ0n) is 19.3. The Kier molecular flexibility index (Phi) is 7.14. The lowest BCUT2D eigenvalue weighted by molar-refractivity contribution is 0.0679. The van der Waals surface area contributed by atoms with Crippen LogP contribution in [0.5, 0.6) is 28.7 Å². The average Bonchev–Trinajstić information content (AvgIpc) is 3.31. The van der Waals surface area contributed by atoms with E-state index in [2.05, 4.69) is 4.98 Å². The van der Waals surface area contributed by atoms with E-state index >= 15 is 0 Å². The number of amides is 1. The molecule has 1 aliphatic heterocycles. The van der Waals surface area contributed by atoms with Crippen molar-refractivity contribution >= 4 is 28.4 Å². The van der Waals surface area contributed by atoms with Crippen molar-refractivity contribution < 1.29 is 33.2 Å². The highest BCUT2D eigenvalue weighted by Gasteiger charge is 2.23. The largest absolute Gasteiger partial charge is 0.493 e. The molecule has 0 aliphatic carbocycles. The second-order valence-corrected chi connectivity index (χ2v) is 7.83. The fourth-order valence-corrected chi connectivity index (χ4v) is 3.95. The van der Waals surface area contributed by atoms with Gasteiger partial charge in [-0.2, -0.15) is 0 Å². The standard InChI is InChI=1S/C24H25ClN2O7/c1-29-6-5-27(24(28)15-9-20(30-2)22(32-4)21(10-15)31-3)12-16-7-14-8-18-19(34-13-33-18)11-17(14)26-23(16)25/h7-11H,5-6,12-13H2,1-4H3. The first-order valence-electron chi connectivity index (χ1n) is 10.5. The summed E-state index contributed by atoms with van der Waals surface area (Å²) in [4.78, 5) is 19.7. The maximum atomic E-state index is 13.5. The molecule has 0 bridgehead atoms. The van der Waals surface area contributed by atoms with Crippen LogP contribution in [0.1, 0.15) is 15.9 Å².